The fraction of sp³-hybridized carbons (Fsp3) is 1.00. The minimum absolute atomic E-state index is 0. The highest BCUT2D eigenvalue weighted by molar-refractivity contribution is 2.54. The zero-order valence-electron chi connectivity index (χ0n) is 25.1. The van der Waals surface area contributed by atoms with E-state index in [4.69, 9.17) is 21.2 Å². The van der Waals surface area contributed by atoms with E-state index in [9.17, 15) is 0 Å². The van der Waals surface area contributed by atoms with Crippen LogP contribution in [-0.2, 0) is 0 Å². The fourth-order valence-corrected chi connectivity index (χ4v) is 0. The van der Waals surface area contributed by atoms with Crippen molar-refractivity contribution >= 4 is 0 Å². The standard InChI is InChI=1S/36CH4.17H3N/h36*1H4;17*1H3/i/hT12D3. The van der Waals surface area contributed by atoms with Gasteiger partial charge in [0, 0.05) is 0 Å². The van der Waals surface area contributed by atoms with Crippen LogP contribution in [0.3, 0.4) is 0 Å². The second kappa shape index (κ2) is 281000. The molecule has 53 heavy (non-hydrogen) atoms. The summed E-state index contributed by atoms with van der Waals surface area (Å²) < 4.78 is 78.8. The molecule has 51 N–H and O–H groups in total. The van der Waals surface area contributed by atoms with Gasteiger partial charge in [-0.3, -0.25) is 0 Å². The van der Waals surface area contributed by atoms with Crippen LogP contribution in [-0.4, -0.2) is 0 Å². The van der Waals surface area contributed by atoms with E-state index in [2.05, 4.69) is 92.2 Å². The van der Waals surface area contributed by atoms with Gasteiger partial charge in [-0.25, -0.2) is 0 Å². The SMILES string of the molecule is C.C.C.C.C.C.C.C.C.C.C.C.C.C.C.C.C.C.C.C.C.C.C.C.C.C.C.C.C.C.C.C.C.C.C.C.N.N.[2H]N.[2H]N.[2H]N.[3H]N.[3H]N.[3H]N.[3H]N.[3H]N.[3H]N.[3H]N.[3H]N.[3H]N.[3H]N.[3H]N.[3H]N. The normalized spacial score (nSPS) is 1.98. The maximum absolute atomic E-state index is 5.25. The molecule has 0 spiro atoms. The molecule has 0 radical (unpaired) electrons. The van der Waals surface area contributed by atoms with Crippen molar-refractivity contribution in [3.8, 4) is 0 Å². The maximum Gasteiger partial charge on any atom is 0.115 e. The van der Waals surface area contributed by atoms with Crippen molar-refractivity contribution < 1.29 is 21.2 Å². The van der Waals surface area contributed by atoms with Crippen LogP contribution in [0.5, 0.6) is 0 Å². The van der Waals surface area contributed by atoms with Crippen molar-refractivity contribution in [2.75, 3.05) is 0 Å². The minimum atomic E-state index is 0. The molecule has 0 heterocycles. The quantitative estimate of drug-likeness (QED) is 0.107. The molecule has 0 unspecified atom stereocenters. The second-order valence-electron chi connectivity index (χ2n) is 0. The van der Waals surface area contributed by atoms with Crippen LogP contribution < -0.4 is 104 Å². The molecule has 0 aliphatic heterocycles. The Hall–Kier alpha value is -0.680. The third-order valence-electron chi connectivity index (χ3n) is 0. The lowest BCUT2D eigenvalue weighted by Crippen LogP contribution is -0.482. The van der Waals surface area contributed by atoms with Gasteiger partial charge in [-0.2, -0.15) is 0 Å². The minimum Gasteiger partial charge on any atom is -0.344 e. The van der Waals surface area contributed by atoms with Crippen molar-refractivity contribution in [2.24, 2.45) is 0 Å². The lowest BCUT2D eigenvalue weighted by molar-refractivity contribution is 2.13. The first-order chi connectivity index (χ1) is 15.0. The summed E-state index contributed by atoms with van der Waals surface area (Å²) in [6.07, 6.45) is 56.2. The van der Waals surface area contributed by atoms with Crippen molar-refractivity contribution in [2.45, 2.75) is 267 Å². The van der Waals surface area contributed by atoms with Gasteiger partial charge in [0.1, 0.15) is 21.2 Å². The Labute approximate surface area is 393 Å². The molecule has 424 valence electrons. The van der Waals surface area contributed by atoms with Crippen LogP contribution >= 0.6 is 0 Å². The van der Waals surface area contributed by atoms with Gasteiger partial charge < -0.3 is 104 Å². The van der Waals surface area contributed by atoms with Crippen molar-refractivity contribution in [1.29, 1.82) is 0 Å². The zero-order valence-corrected chi connectivity index (χ0v) is 10.1. The highest BCUT2D eigenvalue weighted by Gasteiger charge is -0.0404. The molecule has 0 aromatic heterocycles. The molecule has 0 rings (SSSR count). The molecule has 0 aromatic rings. The molecule has 0 fully saturated rings. The Morgan fingerprint density at radius 1 is 0.113 bits per heavy atom. The van der Waals surface area contributed by atoms with E-state index in [0.717, 1.165) is 0 Å². The van der Waals surface area contributed by atoms with Gasteiger partial charge in [-0.1, -0.05) is 267 Å². The largest absolute Gasteiger partial charge is 0.344 e. The van der Waals surface area contributed by atoms with Gasteiger partial charge in [0.2, 0.25) is 0 Å². The van der Waals surface area contributed by atoms with E-state index < -0.39 is 0 Å². The molecule has 0 saturated carbocycles. The molecule has 17 nitrogen and oxygen atoms in total. The molecule has 0 saturated heterocycles. The molecule has 0 atom stereocenters. The van der Waals surface area contributed by atoms with Gasteiger partial charge in [-0.05, 0) is 0 Å². The molecule has 0 aliphatic rings. The molecular weight excluding hydrogens is 671 g/mol. The topological polar surface area (TPSA) is 595 Å². The Kier molecular flexibility index (Phi) is 3560000. The van der Waals surface area contributed by atoms with Gasteiger partial charge in [0.15, 0.2) is 0 Å². The number of rotatable bonds is 0. The predicted octanol–water partition coefficient (Wildman–Crippen LogP) is 25.7. The predicted molar refractivity (Wildman–Crippen MR) is 328 cm³/mol. The van der Waals surface area contributed by atoms with E-state index in [1.807, 2.05) is 0 Å². The summed E-state index contributed by atoms with van der Waals surface area (Å²) >= 11 is 0. The summed E-state index contributed by atoms with van der Waals surface area (Å²) in [5.41, 5.74) is 0. The Morgan fingerprint density at radius 3 is 0.113 bits per heavy atom. The highest BCUT2D eigenvalue weighted by Crippen LogP contribution is 0.180. The smallest absolute Gasteiger partial charge is 0.115 e. The van der Waals surface area contributed by atoms with Crippen molar-refractivity contribution in [1.82, 2.24) is 104 Å². The summed E-state index contributed by atoms with van der Waals surface area (Å²) in [7, 11) is 0. The Balaban J connectivity index is -0.000000000668. The summed E-state index contributed by atoms with van der Waals surface area (Å²) in [5, 5.41) is 0. The Bertz CT molecular complexity index is 99.7. The number of hydrogen-bond acceptors (Lipinski definition) is 17. The molecule has 0 aromatic carbocycles. The molecule has 17 heteroatoms. The maximum atomic E-state index is 5.25. The van der Waals surface area contributed by atoms with Crippen LogP contribution in [0.1, 0.15) is 267 Å². The summed E-state index contributed by atoms with van der Waals surface area (Å²) in [5.74, 6) is 0. The van der Waals surface area contributed by atoms with E-state index in [1.54, 1.807) is 0 Å². The molecule has 0 bridgehead atoms. The van der Waals surface area contributed by atoms with Crippen molar-refractivity contribution in [3.05, 3.63) is 0 Å². The first kappa shape index (κ1) is 672. The lowest BCUT2D eigenvalue weighted by Gasteiger charge is -0.345. The Morgan fingerprint density at radius 2 is 0.113 bits per heavy atom. The van der Waals surface area contributed by atoms with Crippen LogP contribution in [0.25, 0.3) is 0 Å². The van der Waals surface area contributed by atoms with Crippen molar-refractivity contribution in [3.63, 3.8) is 0 Å². The lowest BCUT2D eigenvalue weighted by atomic mass is 12.0. The zero-order chi connectivity index (χ0) is 30.0. The summed E-state index contributed by atoms with van der Waals surface area (Å²) in [4.78, 5) is 0. The average Bonchev–Trinajstić information content (AvgIpc) is 3.00. The summed E-state index contributed by atoms with van der Waals surface area (Å²) in [6.45, 7) is 0. The van der Waals surface area contributed by atoms with Gasteiger partial charge in [0.05, 0.1) is 0 Å². The van der Waals surface area contributed by atoms with Crippen LogP contribution in [0.4, 0.5) is 0 Å². The average molecular weight is 894 g/mol. The van der Waals surface area contributed by atoms with E-state index in [1.165, 1.54) is 0 Å². The highest BCUT2D eigenvalue weighted by atomic mass is 14.0. The fourth-order valence-electron chi connectivity index (χ4n) is 0. The second-order valence-corrected chi connectivity index (χ2v) is 0. The van der Waals surface area contributed by atoms with Gasteiger partial charge >= 0.3 is 0 Å². The van der Waals surface area contributed by atoms with Gasteiger partial charge in [-0.15, -0.1) is 0 Å². The van der Waals surface area contributed by atoms with Crippen LogP contribution in [0.2, 0.25) is 21.2 Å². The third-order valence-corrected chi connectivity index (χ3v) is 0. The number of hydrogen-bond donors (Lipinski definition) is 17. The van der Waals surface area contributed by atoms with E-state index in [0.29, 0.717) is 0 Å². The molecule has 0 aliphatic carbocycles. The van der Waals surface area contributed by atoms with Crippen LogP contribution in [0, 0.1) is 0 Å². The van der Waals surface area contributed by atoms with E-state index in [-0.39, 0.29) is 280 Å². The first-order valence-electron chi connectivity index (χ1n) is 8.66. The third kappa shape index (κ3) is 270000. The molecular formula is C36H195N17. The monoisotopic (exact) mass is 894 g/mol. The summed E-state index contributed by atoms with van der Waals surface area (Å²) in [6, 6.07) is 0. The van der Waals surface area contributed by atoms with E-state index >= 15 is 0 Å². The first-order valence-corrected chi connectivity index (χ1v) is 0. The van der Waals surface area contributed by atoms with Gasteiger partial charge in [0.25, 0.3) is 0 Å². The molecule has 0 amide bonds. The van der Waals surface area contributed by atoms with Crippen LogP contribution in [0.15, 0.2) is 0 Å².